The first-order valence-electron chi connectivity index (χ1n) is 7.52. The maximum atomic E-state index is 12.1. The second kappa shape index (κ2) is 7.86. The molecule has 0 radical (unpaired) electrons. The molecule has 0 aliphatic heterocycles. The van der Waals surface area contributed by atoms with Gasteiger partial charge in [-0.05, 0) is 19.3 Å². The first-order chi connectivity index (χ1) is 9.85. The van der Waals surface area contributed by atoms with Gasteiger partial charge in [0.2, 0.25) is 0 Å². The molecule has 0 bridgehead atoms. The van der Waals surface area contributed by atoms with Crippen molar-refractivity contribution in [3.8, 4) is 0 Å². The molecule has 1 aromatic heterocycles. The summed E-state index contributed by atoms with van der Waals surface area (Å²) in [4.78, 5) is 23.1. The van der Waals surface area contributed by atoms with Crippen molar-refractivity contribution in [1.29, 1.82) is 0 Å². The Labute approximate surface area is 125 Å². The minimum atomic E-state index is -1.07. The van der Waals surface area contributed by atoms with Crippen molar-refractivity contribution < 1.29 is 19.1 Å². The monoisotopic (exact) mass is 295 g/mol. The van der Waals surface area contributed by atoms with E-state index in [0.717, 1.165) is 19.3 Å². The largest absolute Gasteiger partial charge is 0.478 e. The second-order valence-electron chi connectivity index (χ2n) is 5.81. The third-order valence-corrected chi connectivity index (χ3v) is 3.38. The SMILES string of the molecule is CCc1oc(C(=O)NC(C)CCCC(C)C)cc1C(=O)O. The first-order valence-corrected chi connectivity index (χ1v) is 7.52. The predicted molar refractivity (Wildman–Crippen MR) is 80.7 cm³/mol. The summed E-state index contributed by atoms with van der Waals surface area (Å²) in [6.45, 7) is 8.08. The van der Waals surface area contributed by atoms with E-state index in [1.807, 2.05) is 6.92 Å². The number of furan rings is 1. The molecule has 0 aliphatic rings. The fourth-order valence-electron chi connectivity index (χ4n) is 2.18. The summed E-state index contributed by atoms with van der Waals surface area (Å²) in [5, 5.41) is 11.9. The molecule has 5 heteroatoms. The van der Waals surface area contributed by atoms with Crippen LogP contribution >= 0.6 is 0 Å². The fourth-order valence-corrected chi connectivity index (χ4v) is 2.18. The molecule has 0 saturated heterocycles. The normalized spacial score (nSPS) is 12.4. The van der Waals surface area contributed by atoms with Gasteiger partial charge >= 0.3 is 5.97 Å². The van der Waals surface area contributed by atoms with Crippen LogP contribution in [-0.4, -0.2) is 23.0 Å². The topological polar surface area (TPSA) is 79.5 Å². The number of rotatable bonds is 8. The lowest BCUT2D eigenvalue weighted by Gasteiger charge is -2.13. The molecule has 118 valence electrons. The highest BCUT2D eigenvalue weighted by atomic mass is 16.4. The van der Waals surface area contributed by atoms with E-state index in [4.69, 9.17) is 9.52 Å². The van der Waals surface area contributed by atoms with E-state index >= 15 is 0 Å². The molecule has 1 aromatic rings. The Balaban J connectivity index is 2.61. The van der Waals surface area contributed by atoms with Crippen LogP contribution in [-0.2, 0) is 6.42 Å². The van der Waals surface area contributed by atoms with Crippen molar-refractivity contribution in [2.75, 3.05) is 0 Å². The lowest BCUT2D eigenvalue weighted by Crippen LogP contribution is -2.32. The minimum absolute atomic E-state index is 0.0414. The number of carboxylic acid groups (broad SMARTS) is 1. The van der Waals surface area contributed by atoms with E-state index in [-0.39, 0.29) is 23.3 Å². The lowest BCUT2D eigenvalue weighted by atomic mass is 10.0. The van der Waals surface area contributed by atoms with Crippen molar-refractivity contribution in [1.82, 2.24) is 5.32 Å². The van der Waals surface area contributed by atoms with Crippen LogP contribution in [0.15, 0.2) is 10.5 Å². The van der Waals surface area contributed by atoms with E-state index < -0.39 is 5.97 Å². The van der Waals surface area contributed by atoms with Crippen LogP contribution < -0.4 is 5.32 Å². The number of hydrogen-bond acceptors (Lipinski definition) is 3. The van der Waals surface area contributed by atoms with Gasteiger partial charge in [-0.2, -0.15) is 0 Å². The molecule has 0 fully saturated rings. The average molecular weight is 295 g/mol. The second-order valence-corrected chi connectivity index (χ2v) is 5.81. The van der Waals surface area contributed by atoms with Crippen LogP contribution in [0, 0.1) is 5.92 Å². The number of carbonyl (C=O) groups is 2. The van der Waals surface area contributed by atoms with E-state index in [0.29, 0.717) is 18.1 Å². The molecule has 1 rings (SSSR count). The van der Waals surface area contributed by atoms with Gasteiger partial charge in [0.15, 0.2) is 5.76 Å². The Morgan fingerprint density at radius 1 is 1.29 bits per heavy atom. The maximum absolute atomic E-state index is 12.1. The van der Waals surface area contributed by atoms with Gasteiger partial charge in [-0.1, -0.05) is 33.6 Å². The molecule has 1 atom stereocenters. The van der Waals surface area contributed by atoms with Gasteiger partial charge in [0.25, 0.3) is 5.91 Å². The smallest absolute Gasteiger partial charge is 0.339 e. The zero-order valence-corrected chi connectivity index (χ0v) is 13.2. The summed E-state index contributed by atoms with van der Waals surface area (Å²) in [5.41, 5.74) is 0.0649. The van der Waals surface area contributed by atoms with Crippen LogP contribution in [0.4, 0.5) is 0 Å². The summed E-state index contributed by atoms with van der Waals surface area (Å²) < 4.78 is 5.34. The Bertz CT molecular complexity index is 490. The van der Waals surface area contributed by atoms with Gasteiger partial charge in [-0.3, -0.25) is 4.79 Å². The number of amides is 1. The predicted octanol–water partition coefficient (Wildman–Crippen LogP) is 3.48. The standard InChI is InChI=1S/C16H25NO4/c1-5-13-12(16(19)20)9-14(21-13)15(18)17-11(4)8-6-7-10(2)3/h9-11H,5-8H2,1-4H3,(H,17,18)(H,19,20). The molecule has 1 heterocycles. The number of aryl methyl sites for hydroxylation is 1. The van der Waals surface area contributed by atoms with Gasteiger partial charge < -0.3 is 14.8 Å². The van der Waals surface area contributed by atoms with Crippen LogP contribution in [0.1, 0.15) is 73.6 Å². The third kappa shape index (κ3) is 5.25. The Kier molecular flexibility index (Phi) is 6.46. The van der Waals surface area contributed by atoms with Crippen LogP contribution in [0.25, 0.3) is 0 Å². The van der Waals surface area contributed by atoms with Gasteiger partial charge in [0, 0.05) is 18.5 Å². The molecule has 0 aromatic carbocycles. The zero-order chi connectivity index (χ0) is 16.0. The van der Waals surface area contributed by atoms with Crippen LogP contribution in [0.2, 0.25) is 0 Å². The molecule has 1 amide bonds. The molecule has 2 N–H and O–H groups in total. The summed E-state index contributed by atoms with van der Waals surface area (Å²) >= 11 is 0. The highest BCUT2D eigenvalue weighted by molar-refractivity contribution is 5.96. The number of nitrogens with one attached hydrogen (secondary N) is 1. The van der Waals surface area contributed by atoms with E-state index in [2.05, 4.69) is 19.2 Å². The number of hydrogen-bond donors (Lipinski definition) is 2. The van der Waals surface area contributed by atoms with Gasteiger partial charge in [-0.15, -0.1) is 0 Å². The summed E-state index contributed by atoms with van der Waals surface area (Å²) in [7, 11) is 0. The average Bonchev–Trinajstić information content (AvgIpc) is 2.82. The Morgan fingerprint density at radius 2 is 1.95 bits per heavy atom. The van der Waals surface area contributed by atoms with E-state index in [9.17, 15) is 9.59 Å². The maximum Gasteiger partial charge on any atom is 0.339 e. The van der Waals surface area contributed by atoms with Gasteiger partial charge in [-0.25, -0.2) is 4.79 Å². The fraction of sp³-hybridized carbons (Fsp3) is 0.625. The van der Waals surface area contributed by atoms with Crippen molar-refractivity contribution in [2.24, 2.45) is 5.92 Å². The lowest BCUT2D eigenvalue weighted by molar-refractivity contribution is 0.0694. The first kappa shape index (κ1) is 17.3. The Morgan fingerprint density at radius 3 is 2.43 bits per heavy atom. The summed E-state index contributed by atoms with van der Waals surface area (Å²) in [6.07, 6.45) is 3.53. The van der Waals surface area contributed by atoms with Crippen molar-refractivity contribution in [3.63, 3.8) is 0 Å². The van der Waals surface area contributed by atoms with Crippen molar-refractivity contribution in [3.05, 3.63) is 23.2 Å². The summed E-state index contributed by atoms with van der Waals surface area (Å²) in [5.74, 6) is -0.364. The zero-order valence-electron chi connectivity index (χ0n) is 13.2. The van der Waals surface area contributed by atoms with E-state index in [1.54, 1.807) is 6.92 Å². The third-order valence-electron chi connectivity index (χ3n) is 3.38. The molecule has 0 aliphatic carbocycles. The highest BCUT2D eigenvalue weighted by Crippen LogP contribution is 2.17. The molecule has 5 nitrogen and oxygen atoms in total. The van der Waals surface area contributed by atoms with Crippen molar-refractivity contribution in [2.45, 2.75) is 59.4 Å². The van der Waals surface area contributed by atoms with E-state index in [1.165, 1.54) is 6.07 Å². The summed E-state index contributed by atoms with van der Waals surface area (Å²) in [6, 6.07) is 1.34. The highest BCUT2D eigenvalue weighted by Gasteiger charge is 2.20. The minimum Gasteiger partial charge on any atom is -0.478 e. The molecular weight excluding hydrogens is 270 g/mol. The van der Waals surface area contributed by atoms with Crippen LogP contribution in [0.5, 0.6) is 0 Å². The number of carboxylic acids is 1. The molecule has 0 spiro atoms. The number of carbonyl (C=O) groups excluding carboxylic acids is 1. The van der Waals surface area contributed by atoms with Crippen molar-refractivity contribution >= 4 is 11.9 Å². The molecule has 21 heavy (non-hydrogen) atoms. The molecular formula is C16H25NO4. The van der Waals surface area contributed by atoms with Gasteiger partial charge in [0.1, 0.15) is 11.3 Å². The Hall–Kier alpha value is -1.78. The van der Waals surface area contributed by atoms with Crippen LogP contribution in [0.3, 0.4) is 0 Å². The molecule has 1 unspecified atom stereocenters. The number of aromatic carboxylic acids is 1. The molecule has 0 saturated carbocycles. The quantitative estimate of drug-likeness (QED) is 0.769. The van der Waals surface area contributed by atoms with Gasteiger partial charge in [0.05, 0.1) is 0 Å².